The number of amides is 1. The summed E-state index contributed by atoms with van der Waals surface area (Å²) in [6, 6.07) is 12.9. The lowest BCUT2D eigenvalue weighted by molar-refractivity contribution is -0.130. The van der Waals surface area contributed by atoms with Crippen molar-refractivity contribution in [2.24, 2.45) is 0 Å². The van der Waals surface area contributed by atoms with Gasteiger partial charge >= 0.3 is 0 Å². The first-order valence-electron chi connectivity index (χ1n) is 6.39. The number of carbonyl (C=O) groups is 2. The number of benzene rings is 2. The summed E-state index contributed by atoms with van der Waals surface area (Å²) in [5.41, 5.74) is -1.40. The Hall–Kier alpha value is -2.66. The van der Waals surface area contributed by atoms with Crippen molar-refractivity contribution in [2.45, 2.75) is 5.60 Å². The molecule has 2 aromatic rings. The average Bonchev–Trinajstić information content (AvgIpc) is 2.53. The number of hydrogen-bond acceptors (Lipinski definition) is 4. The average molecular weight is 283 g/mol. The Labute approximate surface area is 121 Å². The van der Waals surface area contributed by atoms with Crippen molar-refractivity contribution in [1.29, 1.82) is 0 Å². The number of rotatable bonds is 2. The standard InChI is InChI=1S/C16H13NO4/c1-21-11-7-8-13-12(9-11)14(18)16(20,15(19)17-13)10-5-3-2-4-6-10/h2-9,20H,1H3,(H,17,19). The molecule has 1 atom stereocenters. The lowest BCUT2D eigenvalue weighted by Crippen LogP contribution is -2.50. The molecular formula is C16H13NO4. The van der Waals surface area contributed by atoms with Gasteiger partial charge in [-0.05, 0) is 18.2 Å². The van der Waals surface area contributed by atoms with Crippen LogP contribution in [-0.2, 0) is 10.4 Å². The number of methoxy groups -OCH3 is 1. The van der Waals surface area contributed by atoms with Gasteiger partial charge in [0.1, 0.15) is 5.75 Å². The summed E-state index contributed by atoms with van der Waals surface area (Å²) in [5, 5.41) is 13.3. The highest BCUT2D eigenvalue weighted by molar-refractivity contribution is 6.26. The number of fused-ring (bicyclic) bond motifs is 1. The second kappa shape index (κ2) is 4.71. The number of nitrogens with one attached hydrogen (secondary N) is 1. The van der Waals surface area contributed by atoms with Gasteiger partial charge in [0.15, 0.2) is 0 Å². The Bertz CT molecular complexity index is 726. The predicted octanol–water partition coefficient (Wildman–Crippen LogP) is 1.72. The Morgan fingerprint density at radius 3 is 2.48 bits per heavy atom. The molecule has 5 heteroatoms. The normalized spacial score (nSPS) is 20.7. The number of Topliss-reactive ketones (excluding diaryl/α,β-unsaturated/α-hetero) is 1. The van der Waals surface area contributed by atoms with Crippen molar-refractivity contribution in [3.8, 4) is 5.75 Å². The molecule has 0 bridgehead atoms. The van der Waals surface area contributed by atoms with Gasteiger partial charge in [0.2, 0.25) is 11.4 Å². The number of hydrogen-bond donors (Lipinski definition) is 2. The van der Waals surface area contributed by atoms with Crippen LogP contribution in [0.2, 0.25) is 0 Å². The molecule has 0 radical (unpaired) electrons. The van der Waals surface area contributed by atoms with E-state index in [-0.39, 0.29) is 11.1 Å². The van der Waals surface area contributed by atoms with Crippen LogP contribution >= 0.6 is 0 Å². The molecule has 1 aliphatic rings. The molecule has 1 amide bonds. The summed E-state index contributed by atoms with van der Waals surface area (Å²) < 4.78 is 5.08. The molecule has 1 unspecified atom stereocenters. The van der Waals surface area contributed by atoms with E-state index in [0.29, 0.717) is 11.4 Å². The molecular weight excluding hydrogens is 270 g/mol. The third-order valence-electron chi connectivity index (χ3n) is 3.57. The van der Waals surface area contributed by atoms with Crippen LogP contribution in [0.4, 0.5) is 5.69 Å². The maximum absolute atomic E-state index is 12.7. The Balaban J connectivity index is 2.17. The lowest BCUT2D eigenvalue weighted by Gasteiger charge is -2.31. The smallest absolute Gasteiger partial charge is 0.269 e. The molecule has 21 heavy (non-hydrogen) atoms. The van der Waals surface area contributed by atoms with Gasteiger partial charge < -0.3 is 15.2 Å². The van der Waals surface area contributed by atoms with E-state index in [4.69, 9.17) is 4.74 Å². The maximum atomic E-state index is 12.7. The van der Waals surface area contributed by atoms with E-state index in [1.165, 1.54) is 13.2 Å². The quantitative estimate of drug-likeness (QED) is 0.823. The van der Waals surface area contributed by atoms with Crippen LogP contribution in [-0.4, -0.2) is 23.9 Å². The van der Waals surface area contributed by atoms with E-state index in [1.807, 2.05) is 0 Å². The zero-order chi connectivity index (χ0) is 15.0. The van der Waals surface area contributed by atoms with E-state index in [2.05, 4.69) is 5.32 Å². The van der Waals surface area contributed by atoms with Gasteiger partial charge in [-0.25, -0.2) is 0 Å². The SMILES string of the molecule is COc1ccc2c(c1)C(=O)C(O)(c1ccccc1)C(=O)N2. The molecule has 106 valence electrons. The molecule has 0 aliphatic carbocycles. The van der Waals surface area contributed by atoms with Crippen LogP contribution in [0.3, 0.4) is 0 Å². The van der Waals surface area contributed by atoms with E-state index in [9.17, 15) is 14.7 Å². The van der Waals surface area contributed by atoms with Crippen molar-refractivity contribution >= 4 is 17.4 Å². The van der Waals surface area contributed by atoms with E-state index >= 15 is 0 Å². The van der Waals surface area contributed by atoms with Gasteiger partial charge in [-0.15, -0.1) is 0 Å². The number of anilines is 1. The fourth-order valence-corrected chi connectivity index (χ4v) is 2.40. The molecule has 0 aromatic heterocycles. The summed E-state index contributed by atoms with van der Waals surface area (Å²) in [6.45, 7) is 0. The van der Waals surface area contributed by atoms with Gasteiger partial charge in [-0.2, -0.15) is 0 Å². The number of carbonyl (C=O) groups excluding carboxylic acids is 2. The Morgan fingerprint density at radius 2 is 1.81 bits per heavy atom. The van der Waals surface area contributed by atoms with E-state index in [1.54, 1.807) is 42.5 Å². The minimum absolute atomic E-state index is 0.223. The van der Waals surface area contributed by atoms with Gasteiger partial charge in [-0.1, -0.05) is 30.3 Å². The van der Waals surface area contributed by atoms with Crippen molar-refractivity contribution in [3.63, 3.8) is 0 Å². The molecule has 0 spiro atoms. The third-order valence-corrected chi connectivity index (χ3v) is 3.57. The maximum Gasteiger partial charge on any atom is 0.269 e. The predicted molar refractivity (Wildman–Crippen MR) is 76.3 cm³/mol. The van der Waals surface area contributed by atoms with Crippen LogP contribution in [0.15, 0.2) is 48.5 Å². The van der Waals surface area contributed by atoms with Crippen molar-refractivity contribution < 1.29 is 19.4 Å². The fourth-order valence-electron chi connectivity index (χ4n) is 2.40. The molecule has 2 N–H and O–H groups in total. The van der Waals surface area contributed by atoms with Crippen LogP contribution in [0.5, 0.6) is 5.75 Å². The van der Waals surface area contributed by atoms with Crippen LogP contribution in [0, 0.1) is 0 Å². The second-order valence-electron chi connectivity index (χ2n) is 4.77. The Morgan fingerprint density at radius 1 is 1.10 bits per heavy atom. The first kappa shape index (κ1) is 13.3. The monoisotopic (exact) mass is 283 g/mol. The van der Waals surface area contributed by atoms with E-state index in [0.717, 1.165) is 0 Å². The molecule has 1 heterocycles. The molecule has 3 rings (SSSR count). The number of ether oxygens (including phenoxy) is 1. The summed E-state index contributed by atoms with van der Waals surface area (Å²) in [7, 11) is 1.48. The van der Waals surface area contributed by atoms with E-state index < -0.39 is 17.3 Å². The zero-order valence-corrected chi connectivity index (χ0v) is 11.3. The Kier molecular flexibility index (Phi) is 2.99. The highest BCUT2D eigenvalue weighted by atomic mass is 16.5. The van der Waals surface area contributed by atoms with Gasteiger partial charge in [0.05, 0.1) is 12.8 Å². The van der Waals surface area contributed by atoms with Crippen molar-refractivity contribution in [1.82, 2.24) is 0 Å². The van der Waals surface area contributed by atoms with Gasteiger partial charge in [0.25, 0.3) is 5.91 Å². The summed E-state index contributed by atoms with van der Waals surface area (Å²) >= 11 is 0. The van der Waals surface area contributed by atoms with Crippen LogP contribution in [0.25, 0.3) is 0 Å². The summed E-state index contributed by atoms with van der Waals surface area (Å²) in [5.74, 6) is -0.934. The van der Waals surface area contributed by atoms with Crippen molar-refractivity contribution in [2.75, 3.05) is 12.4 Å². The molecule has 0 saturated carbocycles. The zero-order valence-electron chi connectivity index (χ0n) is 11.3. The highest BCUT2D eigenvalue weighted by Gasteiger charge is 2.49. The fraction of sp³-hybridized carbons (Fsp3) is 0.125. The molecule has 5 nitrogen and oxygen atoms in total. The first-order valence-corrected chi connectivity index (χ1v) is 6.39. The van der Waals surface area contributed by atoms with Crippen LogP contribution in [0.1, 0.15) is 15.9 Å². The minimum Gasteiger partial charge on any atom is -0.497 e. The first-order chi connectivity index (χ1) is 10.1. The van der Waals surface area contributed by atoms with Gasteiger partial charge in [0, 0.05) is 11.1 Å². The second-order valence-corrected chi connectivity index (χ2v) is 4.77. The minimum atomic E-state index is -2.22. The van der Waals surface area contributed by atoms with Crippen molar-refractivity contribution in [3.05, 3.63) is 59.7 Å². The number of ketones is 1. The molecule has 1 aliphatic heterocycles. The van der Waals surface area contributed by atoms with Gasteiger partial charge in [-0.3, -0.25) is 9.59 Å². The largest absolute Gasteiger partial charge is 0.497 e. The molecule has 0 fully saturated rings. The molecule has 2 aromatic carbocycles. The summed E-state index contributed by atoms with van der Waals surface area (Å²) in [6.07, 6.45) is 0. The number of aliphatic hydroxyl groups is 1. The summed E-state index contributed by atoms with van der Waals surface area (Å²) in [4.78, 5) is 24.9. The topological polar surface area (TPSA) is 75.6 Å². The third kappa shape index (κ3) is 1.90. The lowest BCUT2D eigenvalue weighted by atomic mass is 9.82. The van der Waals surface area contributed by atoms with Crippen LogP contribution < -0.4 is 10.1 Å². The molecule has 0 saturated heterocycles. The highest BCUT2D eigenvalue weighted by Crippen LogP contribution is 2.36.